The topological polar surface area (TPSA) is 46.3 Å². The molecule has 0 bridgehead atoms. The van der Waals surface area contributed by atoms with Crippen molar-refractivity contribution in [3.8, 4) is 0 Å². The molecule has 1 saturated carbocycles. The SMILES string of the molecule is CCc1ccc(N(C)C(=O)C2(N)CCC2)cc1. The molecule has 0 atom stereocenters. The van der Waals surface area contributed by atoms with Gasteiger partial charge in [-0.05, 0) is 43.4 Å². The Kier molecular flexibility index (Phi) is 3.20. The third-order valence-electron chi connectivity index (χ3n) is 3.71. The minimum Gasteiger partial charge on any atom is -0.317 e. The van der Waals surface area contributed by atoms with Crippen LogP contribution in [0.5, 0.6) is 0 Å². The lowest BCUT2D eigenvalue weighted by Crippen LogP contribution is -2.59. The lowest BCUT2D eigenvalue weighted by atomic mass is 9.76. The molecule has 1 amide bonds. The van der Waals surface area contributed by atoms with Crippen molar-refractivity contribution in [1.29, 1.82) is 0 Å². The first-order chi connectivity index (χ1) is 8.07. The Bertz CT molecular complexity index is 407. The number of carbonyl (C=O) groups excluding carboxylic acids is 1. The second-order valence-electron chi connectivity index (χ2n) is 4.89. The number of amides is 1. The van der Waals surface area contributed by atoms with Crippen LogP contribution in [0.3, 0.4) is 0 Å². The van der Waals surface area contributed by atoms with Crippen molar-refractivity contribution in [2.24, 2.45) is 5.73 Å². The molecule has 3 heteroatoms. The fourth-order valence-electron chi connectivity index (χ4n) is 2.18. The van der Waals surface area contributed by atoms with Gasteiger partial charge in [-0.2, -0.15) is 0 Å². The normalized spacial score (nSPS) is 17.4. The quantitative estimate of drug-likeness (QED) is 0.867. The van der Waals surface area contributed by atoms with E-state index in [2.05, 4.69) is 19.1 Å². The van der Waals surface area contributed by atoms with E-state index in [1.807, 2.05) is 12.1 Å². The highest BCUT2D eigenvalue weighted by molar-refractivity contribution is 6.00. The van der Waals surface area contributed by atoms with E-state index in [0.717, 1.165) is 31.4 Å². The van der Waals surface area contributed by atoms with Crippen LogP contribution in [0.4, 0.5) is 5.69 Å². The summed E-state index contributed by atoms with van der Waals surface area (Å²) in [7, 11) is 1.80. The molecule has 2 N–H and O–H groups in total. The summed E-state index contributed by atoms with van der Waals surface area (Å²) >= 11 is 0. The van der Waals surface area contributed by atoms with Crippen molar-refractivity contribution in [3.05, 3.63) is 29.8 Å². The van der Waals surface area contributed by atoms with Crippen molar-refractivity contribution in [2.45, 2.75) is 38.1 Å². The summed E-state index contributed by atoms with van der Waals surface area (Å²) in [6, 6.07) is 8.09. The summed E-state index contributed by atoms with van der Waals surface area (Å²) in [6.07, 6.45) is 3.69. The molecule has 1 aromatic rings. The molecule has 0 aliphatic heterocycles. The molecule has 1 aliphatic rings. The molecule has 0 aromatic heterocycles. The van der Waals surface area contributed by atoms with E-state index < -0.39 is 5.54 Å². The highest BCUT2D eigenvalue weighted by atomic mass is 16.2. The molecule has 1 aromatic carbocycles. The molecular formula is C14H20N2O. The van der Waals surface area contributed by atoms with E-state index in [9.17, 15) is 4.79 Å². The first-order valence-electron chi connectivity index (χ1n) is 6.23. The first-order valence-corrected chi connectivity index (χ1v) is 6.23. The lowest BCUT2D eigenvalue weighted by Gasteiger charge is -2.39. The maximum Gasteiger partial charge on any atom is 0.246 e. The molecule has 0 heterocycles. The van der Waals surface area contributed by atoms with Gasteiger partial charge >= 0.3 is 0 Å². The molecular weight excluding hydrogens is 212 g/mol. The fourth-order valence-corrected chi connectivity index (χ4v) is 2.18. The molecule has 17 heavy (non-hydrogen) atoms. The van der Waals surface area contributed by atoms with Crippen LogP contribution in [0.25, 0.3) is 0 Å². The second-order valence-corrected chi connectivity index (χ2v) is 4.89. The van der Waals surface area contributed by atoms with Crippen molar-refractivity contribution >= 4 is 11.6 Å². The molecule has 0 radical (unpaired) electrons. The smallest absolute Gasteiger partial charge is 0.246 e. The average molecular weight is 232 g/mol. The molecule has 92 valence electrons. The van der Waals surface area contributed by atoms with Gasteiger partial charge in [-0.25, -0.2) is 0 Å². The minimum atomic E-state index is -0.613. The number of likely N-dealkylation sites (N-methyl/N-ethyl adjacent to an activating group) is 1. The summed E-state index contributed by atoms with van der Waals surface area (Å²) in [6.45, 7) is 2.12. The van der Waals surface area contributed by atoms with E-state index in [-0.39, 0.29) is 5.91 Å². The van der Waals surface area contributed by atoms with Gasteiger partial charge in [0.2, 0.25) is 5.91 Å². The second kappa shape index (κ2) is 4.49. The van der Waals surface area contributed by atoms with Crippen LogP contribution in [0.15, 0.2) is 24.3 Å². The van der Waals surface area contributed by atoms with Gasteiger partial charge in [0.05, 0.1) is 5.54 Å². The Morgan fingerprint density at radius 3 is 2.35 bits per heavy atom. The van der Waals surface area contributed by atoms with Gasteiger partial charge in [0.1, 0.15) is 0 Å². The summed E-state index contributed by atoms with van der Waals surface area (Å²) in [4.78, 5) is 13.9. The lowest BCUT2D eigenvalue weighted by molar-refractivity contribution is -0.126. The van der Waals surface area contributed by atoms with Gasteiger partial charge in [0, 0.05) is 12.7 Å². The maximum atomic E-state index is 12.2. The fraction of sp³-hybridized carbons (Fsp3) is 0.500. The molecule has 0 spiro atoms. The van der Waals surface area contributed by atoms with Crippen molar-refractivity contribution in [3.63, 3.8) is 0 Å². The van der Waals surface area contributed by atoms with E-state index >= 15 is 0 Å². The van der Waals surface area contributed by atoms with E-state index in [0.29, 0.717) is 0 Å². The number of carbonyl (C=O) groups is 1. The molecule has 0 unspecified atom stereocenters. The molecule has 3 nitrogen and oxygen atoms in total. The van der Waals surface area contributed by atoms with Crippen LogP contribution in [-0.2, 0) is 11.2 Å². The Labute approximate surface area is 103 Å². The van der Waals surface area contributed by atoms with E-state index in [1.165, 1.54) is 5.56 Å². The number of aryl methyl sites for hydroxylation is 1. The van der Waals surface area contributed by atoms with Crippen LogP contribution >= 0.6 is 0 Å². The summed E-state index contributed by atoms with van der Waals surface area (Å²) < 4.78 is 0. The van der Waals surface area contributed by atoms with Gasteiger partial charge in [-0.15, -0.1) is 0 Å². The standard InChI is InChI=1S/C14H20N2O/c1-3-11-5-7-12(8-6-11)16(2)13(17)14(15)9-4-10-14/h5-8H,3-4,9-10,15H2,1-2H3. The maximum absolute atomic E-state index is 12.2. The predicted molar refractivity (Wildman–Crippen MR) is 70.0 cm³/mol. The van der Waals surface area contributed by atoms with Gasteiger partial charge in [-0.1, -0.05) is 19.1 Å². The molecule has 0 saturated heterocycles. The van der Waals surface area contributed by atoms with Crippen LogP contribution < -0.4 is 10.6 Å². The monoisotopic (exact) mass is 232 g/mol. The third kappa shape index (κ3) is 2.20. The Hall–Kier alpha value is -1.35. The van der Waals surface area contributed by atoms with Crippen LogP contribution in [0.1, 0.15) is 31.7 Å². The number of hydrogen-bond acceptors (Lipinski definition) is 2. The Morgan fingerprint density at radius 2 is 1.94 bits per heavy atom. The number of nitrogens with zero attached hydrogens (tertiary/aromatic N) is 1. The van der Waals surface area contributed by atoms with Gasteiger partial charge < -0.3 is 10.6 Å². The number of hydrogen-bond donors (Lipinski definition) is 1. The zero-order valence-corrected chi connectivity index (χ0v) is 10.6. The first kappa shape index (κ1) is 12.1. The number of anilines is 1. The van der Waals surface area contributed by atoms with E-state index in [4.69, 9.17) is 5.73 Å². The summed E-state index contributed by atoms with van der Waals surface area (Å²) in [5.74, 6) is 0.0352. The molecule has 2 rings (SSSR count). The largest absolute Gasteiger partial charge is 0.317 e. The highest BCUT2D eigenvalue weighted by Crippen LogP contribution is 2.32. The number of rotatable bonds is 3. The third-order valence-corrected chi connectivity index (χ3v) is 3.71. The molecule has 1 aliphatic carbocycles. The van der Waals surface area contributed by atoms with E-state index in [1.54, 1.807) is 11.9 Å². The van der Waals surface area contributed by atoms with Crippen LogP contribution in [0.2, 0.25) is 0 Å². The minimum absolute atomic E-state index is 0.0352. The number of benzene rings is 1. The highest BCUT2D eigenvalue weighted by Gasteiger charge is 2.42. The van der Waals surface area contributed by atoms with Crippen LogP contribution in [-0.4, -0.2) is 18.5 Å². The van der Waals surface area contributed by atoms with Gasteiger partial charge in [-0.3, -0.25) is 4.79 Å². The van der Waals surface area contributed by atoms with Crippen molar-refractivity contribution in [1.82, 2.24) is 0 Å². The molecule has 1 fully saturated rings. The van der Waals surface area contributed by atoms with Crippen molar-refractivity contribution < 1.29 is 4.79 Å². The predicted octanol–water partition coefficient (Wildman–Crippen LogP) is 2.09. The van der Waals surface area contributed by atoms with Crippen LogP contribution in [0, 0.1) is 0 Å². The van der Waals surface area contributed by atoms with Crippen molar-refractivity contribution in [2.75, 3.05) is 11.9 Å². The average Bonchev–Trinajstić information content (AvgIpc) is 2.34. The zero-order valence-electron chi connectivity index (χ0n) is 10.6. The summed E-state index contributed by atoms with van der Waals surface area (Å²) in [5.41, 5.74) is 7.64. The van der Waals surface area contributed by atoms with Gasteiger partial charge in [0.15, 0.2) is 0 Å². The Balaban J connectivity index is 2.13. The van der Waals surface area contributed by atoms with Gasteiger partial charge in [0.25, 0.3) is 0 Å². The Morgan fingerprint density at radius 1 is 1.35 bits per heavy atom. The zero-order chi connectivity index (χ0) is 12.5. The summed E-state index contributed by atoms with van der Waals surface area (Å²) in [5, 5.41) is 0. The number of nitrogens with two attached hydrogens (primary N) is 1.